The van der Waals surface area contributed by atoms with Gasteiger partial charge in [-0.15, -0.1) is 0 Å². The molecular formula is C52H66N4O4. The van der Waals surface area contributed by atoms with Gasteiger partial charge in [-0.1, -0.05) is 120 Å². The number of piperidine rings is 1. The highest BCUT2D eigenvalue weighted by Crippen LogP contribution is 2.49. The minimum atomic E-state index is -0.819. The predicted molar refractivity (Wildman–Crippen MR) is 242 cm³/mol. The van der Waals surface area contributed by atoms with E-state index in [2.05, 4.69) is 76.8 Å². The Balaban J connectivity index is 0.782. The van der Waals surface area contributed by atoms with Gasteiger partial charge in [-0.2, -0.15) is 0 Å². The lowest BCUT2D eigenvalue weighted by Crippen LogP contribution is -2.51. The SMILES string of the molecule is C=C1CCC(N(C=O)C(=O)c2cc(NCCCCCCCCCCCCCCc3ccc(C4(c5ccc(OCc6ccnc(C)c6)cc5)CCC4)cc3)ccc2C)C(=O)N1. The topological polar surface area (TPSA) is 101 Å². The maximum absolute atomic E-state index is 13.3. The molecule has 8 nitrogen and oxygen atoms in total. The van der Waals surface area contributed by atoms with Crippen LogP contribution in [0.5, 0.6) is 5.75 Å². The van der Waals surface area contributed by atoms with Crippen LogP contribution in [0.25, 0.3) is 0 Å². The number of unbranched alkanes of at least 4 members (excludes halogenated alkanes) is 11. The molecule has 1 saturated heterocycles. The number of aryl methyl sites for hydroxylation is 3. The number of hydrogen-bond donors (Lipinski definition) is 2. The quantitative estimate of drug-likeness (QED) is 0.0540. The number of imide groups is 1. The van der Waals surface area contributed by atoms with Crippen molar-refractivity contribution in [3.05, 3.63) is 136 Å². The highest BCUT2D eigenvalue weighted by Gasteiger charge is 2.40. The van der Waals surface area contributed by atoms with Crippen LogP contribution in [0.15, 0.2) is 97.3 Å². The van der Waals surface area contributed by atoms with Gasteiger partial charge >= 0.3 is 0 Å². The minimum Gasteiger partial charge on any atom is -0.489 e. The lowest BCUT2D eigenvalue weighted by atomic mass is 9.60. The second kappa shape index (κ2) is 22.4. The Labute approximate surface area is 358 Å². The summed E-state index contributed by atoms with van der Waals surface area (Å²) in [5.74, 6) is 0.0923. The summed E-state index contributed by atoms with van der Waals surface area (Å²) in [4.78, 5) is 42.9. The molecule has 1 aliphatic heterocycles. The van der Waals surface area contributed by atoms with Gasteiger partial charge in [0, 0.05) is 40.8 Å². The predicted octanol–water partition coefficient (Wildman–Crippen LogP) is 11.5. The minimum absolute atomic E-state index is 0.133. The molecule has 2 N–H and O–H groups in total. The second-order valence-electron chi connectivity index (χ2n) is 17.2. The van der Waals surface area contributed by atoms with E-state index in [1.807, 2.05) is 38.2 Å². The number of anilines is 1. The number of nitrogens with zero attached hydrogens (tertiary/aromatic N) is 2. The Hall–Kier alpha value is -5.24. The van der Waals surface area contributed by atoms with Crippen LogP contribution in [-0.2, 0) is 28.0 Å². The summed E-state index contributed by atoms with van der Waals surface area (Å²) in [6.07, 6.45) is 23.4. The van der Waals surface area contributed by atoms with Crippen molar-refractivity contribution in [2.75, 3.05) is 11.9 Å². The van der Waals surface area contributed by atoms with E-state index < -0.39 is 11.9 Å². The largest absolute Gasteiger partial charge is 0.489 e. The average Bonchev–Trinajstić information content (AvgIpc) is 3.23. The van der Waals surface area contributed by atoms with Crippen LogP contribution in [0.4, 0.5) is 5.69 Å². The fraction of sp³-hybridized carbons (Fsp3) is 0.462. The third-order valence-corrected chi connectivity index (χ3v) is 12.7. The first-order chi connectivity index (χ1) is 29.3. The molecule has 318 valence electrons. The van der Waals surface area contributed by atoms with Crippen LogP contribution in [0.3, 0.4) is 0 Å². The van der Waals surface area contributed by atoms with E-state index in [0.29, 0.717) is 37.1 Å². The van der Waals surface area contributed by atoms with Crippen LogP contribution in [-0.4, -0.2) is 40.7 Å². The van der Waals surface area contributed by atoms with Gasteiger partial charge in [-0.3, -0.25) is 24.3 Å². The molecule has 0 spiro atoms. The Morgan fingerprint density at radius 1 is 0.833 bits per heavy atom. The molecule has 1 atom stereocenters. The molecule has 8 heteroatoms. The number of aromatic nitrogens is 1. The molecule has 1 aromatic heterocycles. The number of ether oxygens (including phenoxy) is 1. The first kappa shape index (κ1) is 44.3. The van der Waals surface area contributed by atoms with Crippen LogP contribution in [0, 0.1) is 13.8 Å². The van der Waals surface area contributed by atoms with Gasteiger partial charge < -0.3 is 15.4 Å². The van der Waals surface area contributed by atoms with Crippen molar-refractivity contribution in [3.8, 4) is 5.75 Å². The first-order valence-electron chi connectivity index (χ1n) is 22.6. The van der Waals surface area contributed by atoms with Gasteiger partial charge in [0.25, 0.3) is 5.91 Å². The van der Waals surface area contributed by atoms with Gasteiger partial charge in [0.05, 0.1) is 0 Å². The summed E-state index contributed by atoms with van der Waals surface area (Å²) in [5, 5.41) is 6.10. The zero-order valence-corrected chi connectivity index (χ0v) is 36.1. The van der Waals surface area contributed by atoms with Crippen molar-refractivity contribution < 1.29 is 19.1 Å². The van der Waals surface area contributed by atoms with Gasteiger partial charge in [0.1, 0.15) is 18.4 Å². The first-order valence-corrected chi connectivity index (χ1v) is 22.6. The third-order valence-electron chi connectivity index (χ3n) is 12.7. The van der Waals surface area contributed by atoms with E-state index in [-0.39, 0.29) is 11.3 Å². The van der Waals surface area contributed by atoms with Gasteiger partial charge in [0.2, 0.25) is 12.3 Å². The van der Waals surface area contributed by atoms with Crippen LogP contribution in [0.2, 0.25) is 0 Å². The highest BCUT2D eigenvalue weighted by atomic mass is 16.5. The van der Waals surface area contributed by atoms with Crippen LogP contribution < -0.4 is 15.4 Å². The molecule has 0 radical (unpaired) electrons. The molecule has 1 unspecified atom stereocenters. The smallest absolute Gasteiger partial charge is 0.261 e. The summed E-state index contributed by atoms with van der Waals surface area (Å²) in [7, 11) is 0. The van der Waals surface area contributed by atoms with Crippen molar-refractivity contribution in [1.29, 1.82) is 0 Å². The molecule has 3 amide bonds. The van der Waals surface area contributed by atoms with E-state index in [4.69, 9.17) is 4.74 Å². The zero-order valence-electron chi connectivity index (χ0n) is 36.1. The summed E-state index contributed by atoms with van der Waals surface area (Å²) in [6, 6.07) is 27.2. The number of carbonyl (C=O) groups excluding carboxylic acids is 3. The zero-order chi connectivity index (χ0) is 42.2. The van der Waals surface area contributed by atoms with E-state index in [9.17, 15) is 14.4 Å². The van der Waals surface area contributed by atoms with Crippen molar-refractivity contribution in [3.63, 3.8) is 0 Å². The molecule has 1 saturated carbocycles. The van der Waals surface area contributed by atoms with Crippen molar-refractivity contribution >= 4 is 23.9 Å². The van der Waals surface area contributed by atoms with Crippen LogP contribution in [0.1, 0.15) is 153 Å². The number of pyridine rings is 1. The van der Waals surface area contributed by atoms with E-state index in [0.717, 1.165) is 52.5 Å². The Bertz CT molecular complexity index is 2020. The lowest BCUT2D eigenvalue weighted by molar-refractivity contribution is -0.131. The van der Waals surface area contributed by atoms with Crippen molar-refractivity contribution in [2.45, 2.75) is 147 Å². The number of benzene rings is 3. The van der Waals surface area contributed by atoms with Crippen LogP contribution >= 0.6 is 0 Å². The molecule has 2 aliphatic rings. The number of rotatable bonds is 24. The number of amides is 3. The van der Waals surface area contributed by atoms with E-state index >= 15 is 0 Å². The maximum Gasteiger partial charge on any atom is 0.261 e. The monoisotopic (exact) mass is 811 g/mol. The molecular weight excluding hydrogens is 745 g/mol. The molecule has 2 heterocycles. The average molecular weight is 811 g/mol. The molecule has 4 aromatic rings. The third kappa shape index (κ3) is 12.2. The Kier molecular flexibility index (Phi) is 16.5. The Morgan fingerprint density at radius 3 is 2.07 bits per heavy atom. The summed E-state index contributed by atoms with van der Waals surface area (Å²) >= 11 is 0. The number of hydrogen-bond acceptors (Lipinski definition) is 6. The second-order valence-corrected chi connectivity index (χ2v) is 17.2. The molecule has 2 fully saturated rings. The molecule has 1 aliphatic carbocycles. The fourth-order valence-corrected chi connectivity index (χ4v) is 8.84. The van der Waals surface area contributed by atoms with Gasteiger partial charge in [0.15, 0.2) is 0 Å². The molecule has 3 aromatic carbocycles. The summed E-state index contributed by atoms with van der Waals surface area (Å²) < 4.78 is 6.08. The fourth-order valence-electron chi connectivity index (χ4n) is 8.84. The normalized spacial score (nSPS) is 15.8. The maximum atomic E-state index is 13.3. The molecule has 60 heavy (non-hydrogen) atoms. The summed E-state index contributed by atoms with van der Waals surface area (Å²) in [5.41, 5.74) is 9.25. The van der Waals surface area contributed by atoms with Crippen molar-refractivity contribution in [2.24, 2.45) is 0 Å². The molecule has 6 rings (SSSR count). The van der Waals surface area contributed by atoms with Crippen molar-refractivity contribution in [1.82, 2.24) is 15.2 Å². The van der Waals surface area contributed by atoms with E-state index in [1.54, 1.807) is 6.07 Å². The number of allylic oxidation sites excluding steroid dienone is 1. The Morgan fingerprint density at radius 2 is 1.47 bits per heavy atom. The number of nitrogens with one attached hydrogen (secondary N) is 2. The van der Waals surface area contributed by atoms with Gasteiger partial charge in [-0.05, 0) is 123 Å². The standard InChI is InChI=1S/C52H66N4O4/c1-39-18-26-46(36-48(39)51(59)56(38-57)49-29-19-40(2)55-50(49)58)54-33-15-13-11-9-7-5-4-6-8-10-12-14-17-42-20-22-44(23-21-42)52(31-16-32-52)45-24-27-47(28-25-45)60-37-43-30-34-53-41(3)35-43/h18,20-28,30,34-36,38,49,54H,2,4-17,19,29,31-33,37H2,1,3H3,(H,55,58). The summed E-state index contributed by atoms with van der Waals surface area (Å²) in [6.45, 7) is 9.02. The highest BCUT2D eigenvalue weighted by molar-refractivity contribution is 6.05. The van der Waals surface area contributed by atoms with E-state index in [1.165, 1.54) is 107 Å². The van der Waals surface area contributed by atoms with Gasteiger partial charge in [-0.25, -0.2) is 0 Å². The molecule has 0 bridgehead atoms. The number of carbonyl (C=O) groups is 3. The lowest BCUT2D eigenvalue weighted by Gasteiger charge is -2.43.